The Morgan fingerprint density at radius 1 is 1.06 bits per heavy atom. The summed E-state index contributed by atoms with van der Waals surface area (Å²) in [5, 5.41) is 8.61. The Labute approximate surface area is 190 Å². The molecule has 4 aromatic heterocycles. The third-order valence-electron chi connectivity index (χ3n) is 5.72. The van der Waals surface area contributed by atoms with Gasteiger partial charge in [0.1, 0.15) is 17.0 Å². The highest BCUT2D eigenvalue weighted by atomic mass is 19.1. The second kappa shape index (κ2) is 8.31. The molecular formula is C27H22FN5. The summed E-state index contributed by atoms with van der Waals surface area (Å²) >= 11 is 0. The maximum absolute atomic E-state index is 13.4. The van der Waals surface area contributed by atoms with Crippen molar-refractivity contribution >= 4 is 27.5 Å². The number of fused-ring (bicyclic) bond motifs is 2. The number of nitrogens with one attached hydrogen (secondary N) is 2. The van der Waals surface area contributed by atoms with Gasteiger partial charge in [0.05, 0.1) is 28.6 Å². The molecule has 0 radical (unpaired) electrons. The number of rotatable bonds is 5. The van der Waals surface area contributed by atoms with E-state index in [1.54, 1.807) is 30.6 Å². The lowest BCUT2D eigenvalue weighted by Gasteiger charge is -2.07. The quantitative estimate of drug-likeness (QED) is 0.297. The third-order valence-corrected chi connectivity index (χ3v) is 5.72. The largest absolute Gasteiger partial charge is 0.352 e. The molecule has 5 rings (SSSR count). The van der Waals surface area contributed by atoms with Crippen LogP contribution >= 0.6 is 0 Å². The topological polar surface area (TPSA) is 70.2 Å². The molecule has 5 nitrogen and oxygen atoms in total. The molecular weight excluding hydrogens is 413 g/mol. The molecule has 0 spiro atoms. The molecule has 0 saturated heterocycles. The highest BCUT2D eigenvalue weighted by Gasteiger charge is 2.16. The summed E-state index contributed by atoms with van der Waals surface area (Å²) in [6.07, 6.45) is 9.37. The van der Waals surface area contributed by atoms with Crippen LogP contribution in [0, 0.1) is 5.82 Å². The Morgan fingerprint density at radius 2 is 1.88 bits per heavy atom. The molecule has 162 valence electrons. The van der Waals surface area contributed by atoms with Crippen molar-refractivity contribution in [3.63, 3.8) is 0 Å². The predicted octanol–water partition coefficient (Wildman–Crippen LogP) is 6.84. The van der Waals surface area contributed by atoms with Gasteiger partial charge in [-0.25, -0.2) is 9.37 Å². The fourth-order valence-corrected chi connectivity index (χ4v) is 4.12. The lowest BCUT2D eigenvalue weighted by molar-refractivity contribution is 0.628. The van der Waals surface area contributed by atoms with E-state index < -0.39 is 0 Å². The molecule has 1 aromatic carbocycles. The molecule has 0 saturated carbocycles. The monoisotopic (exact) mass is 435 g/mol. The van der Waals surface area contributed by atoms with Crippen LogP contribution in [0.4, 0.5) is 4.39 Å². The second-order valence-electron chi connectivity index (χ2n) is 7.79. The first-order valence-corrected chi connectivity index (χ1v) is 10.6. The first kappa shape index (κ1) is 20.6. The number of pyridine rings is 2. The number of aromatic nitrogens is 5. The lowest BCUT2D eigenvalue weighted by atomic mass is 10.0. The molecule has 6 heteroatoms. The van der Waals surface area contributed by atoms with E-state index in [9.17, 15) is 4.39 Å². The molecule has 0 amide bonds. The summed E-state index contributed by atoms with van der Waals surface area (Å²) in [4.78, 5) is 12.7. The minimum atomic E-state index is -0.266. The van der Waals surface area contributed by atoms with Crippen molar-refractivity contribution in [2.24, 2.45) is 0 Å². The summed E-state index contributed by atoms with van der Waals surface area (Å²) in [6.45, 7) is 7.84. The maximum Gasteiger partial charge on any atom is 0.135 e. The average molecular weight is 436 g/mol. The van der Waals surface area contributed by atoms with Crippen LogP contribution in [0.3, 0.4) is 0 Å². The predicted molar refractivity (Wildman–Crippen MR) is 132 cm³/mol. The minimum Gasteiger partial charge on any atom is -0.352 e. The number of halogens is 1. The van der Waals surface area contributed by atoms with Crippen LogP contribution in [-0.4, -0.2) is 25.1 Å². The van der Waals surface area contributed by atoms with Gasteiger partial charge in [-0.05, 0) is 60.9 Å². The van der Waals surface area contributed by atoms with Gasteiger partial charge in [-0.1, -0.05) is 36.9 Å². The van der Waals surface area contributed by atoms with Gasteiger partial charge < -0.3 is 4.98 Å². The third kappa shape index (κ3) is 3.65. The molecule has 2 N–H and O–H groups in total. The molecule has 0 unspecified atom stereocenters. The van der Waals surface area contributed by atoms with E-state index in [0.29, 0.717) is 0 Å². The Kier molecular flexibility index (Phi) is 5.18. The summed E-state index contributed by atoms with van der Waals surface area (Å²) < 4.78 is 13.4. The maximum atomic E-state index is 13.4. The number of nitrogens with zero attached hydrogens (tertiary/aromatic N) is 3. The van der Waals surface area contributed by atoms with Crippen molar-refractivity contribution in [2.75, 3.05) is 0 Å². The Bertz CT molecular complexity index is 1550. The van der Waals surface area contributed by atoms with Gasteiger partial charge in [0.2, 0.25) is 0 Å². The summed E-state index contributed by atoms with van der Waals surface area (Å²) in [5.74, 6) is -0.266. The Balaban J connectivity index is 1.64. The zero-order valence-electron chi connectivity index (χ0n) is 18.4. The van der Waals surface area contributed by atoms with Gasteiger partial charge >= 0.3 is 0 Å². The molecule has 0 aliphatic carbocycles. The van der Waals surface area contributed by atoms with Crippen LogP contribution in [0.2, 0.25) is 0 Å². The summed E-state index contributed by atoms with van der Waals surface area (Å²) in [5.41, 5.74) is 8.89. The number of benzene rings is 1. The van der Waals surface area contributed by atoms with Crippen LogP contribution in [0.25, 0.3) is 50.0 Å². The second-order valence-corrected chi connectivity index (χ2v) is 7.79. The number of aromatic amines is 2. The van der Waals surface area contributed by atoms with Crippen LogP contribution in [0.1, 0.15) is 19.5 Å². The Hall–Kier alpha value is -4.32. The molecule has 33 heavy (non-hydrogen) atoms. The van der Waals surface area contributed by atoms with Gasteiger partial charge in [-0.2, -0.15) is 5.10 Å². The van der Waals surface area contributed by atoms with E-state index >= 15 is 0 Å². The first-order valence-electron chi connectivity index (χ1n) is 10.6. The zero-order chi connectivity index (χ0) is 22.9. The van der Waals surface area contributed by atoms with Crippen molar-refractivity contribution in [2.45, 2.75) is 13.8 Å². The van der Waals surface area contributed by atoms with Crippen molar-refractivity contribution in [1.29, 1.82) is 0 Å². The highest BCUT2D eigenvalue weighted by Crippen LogP contribution is 2.33. The van der Waals surface area contributed by atoms with Gasteiger partial charge in [0.25, 0.3) is 0 Å². The van der Waals surface area contributed by atoms with Gasteiger partial charge in [-0.15, -0.1) is 0 Å². The van der Waals surface area contributed by atoms with Gasteiger partial charge in [0, 0.05) is 17.1 Å². The first-order chi connectivity index (χ1) is 16.1. The van der Waals surface area contributed by atoms with Crippen molar-refractivity contribution in [3.05, 3.63) is 96.7 Å². The van der Waals surface area contributed by atoms with Crippen LogP contribution in [-0.2, 0) is 0 Å². The van der Waals surface area contributed by atoms with Crippen molar-refractivity contribution in [1.82, 2.24) is 25.1 Å². The lowest BCUT2D eigenvalue weighted by Crippen LogP contribution is -1.92. The van der Waals surface area contributed by atoms with E-state index in [-0.39, 0.29) is 5.82 Å². The molecule has 4 heterocycles. The van der Waals surface area contributed by atoms with Crippen LogP contribution < -0.4 is 0 Å². The van der Waals surface area contributed by atoms with E-state index in [1.807, 2.05) is 44.2 Å². The molecule has 0 aliphatic rings. The minimum absolute atomic E-state index is 0.266. The van der Waals surface area contributed by atoms with Gasteiger partial charge in [0.15, 0.2) is 0 Å². The zero-order valence-corrected chi connectivity index (χ0v) is 18.4. The van der Waals surface area contributed by atoms with E-state index in [1.165, 1.54) is 12.1 Å². The van der Waals surface area contributed by atoms with Gasteiger partial charge in [-0.3, -0.25) is 10.1 Å². The summed E-state index contributed by atoms with van der Waals surface area (Å²) in [6, 6.07) is 12.4. The fraction of sp³-hybridized carbons (Fsp3) is 0.0741. The smallest absolute Gasteiger partial charge is 0.135 e. The van der Waals surface area contributed by atoms with Crippen LogP contribution in [0.5, 0.6) is 0 Å². The normalized spacial score (nSPS) is 12.6. The SMILES string of the molecule is C=C/C=C(C)\C(=C/C)c1ccc2[nH]nc(-c3cc4c(-c5ccc(F)cc5)cncc4[nH]3)c2n1. The summed E-state index contributed by atoms with van der Waals surface area (Å²) in [7, 11) is 0. The van der Waals surface area contributed by atoms with Crippen molar-refractivity contribution in [3.8, 4) is 22.5 Å². The molecule has 0 aliphatic heterocycles. The molecule has 0 fully saturated rings. The Morgan fingerprint density at radius 3 is 2.64 bits per heavy atom. The number of allylic oxidation sites excluding steroid dienone is 5. The molecule has 0 atom stereocenters. The fourth-order valence-electron chi connectivity index (χ4n) is 4.12. The number of hydrogen-bond acceptors (Lipinski definition) is 3. The van der Waals surface area contributed by atoms with E-state index in [4.69, 9.17) is 4.98 Å². The van der Waals surface area contributed by atoms with E-state index in [2.05, 4.69) is 26.7 Å². The standard InChI is InChI=1S/C27H22FN5/c1-4-6-16(3)19(5-2)22-11-12-23-26(31-22)27(33-32-23)24-13-20-21(14-29-15-25(20)30-24)17-7-9-18(28)10-8-17/h4-15,30H,1H2,2-3H3,(H,32,33)/b16-6-,19-5+. The van der Waals surface area contributed by atoms with Crippen molar-refractivity contribution < 1.29 is 4.39 Å². The molecule has 5 aromatic rings. The average Bonchev–Trinajstić information content (AvgIpc) is 3.44. The number of H-pyrrole nitrogens is 2. The number of hydrogen-bond donors (Lipinski definition) is 2. The molecule has 0 bridgehead atoms. The highest BCUT2D eigenvalue weighted by molar-refractivity contribution is 6.00. The van der Waals surface area contributed by atoms with E-state index in [0.717, 1.165) is 61.3 Å². The van der Waals surface area contributed by atoms with Crippen LogP contribution in [0.15, 0.2) is 85.2 Å².